The average molecular weight is 248 g/mol. The molecule has 0 saturated heterocycles. The predicted molar refractivity (Wildman–Crippen MR) is 70.1 cm³/mol. The molecule has 18 heavy (non-hydrogen) atoms. The van der Waals surface area contributed by atoms with E-state index >= 15 is 0 Å². The minimum Gasteiger partial charge on any atom is -0.508 e. The number of phenols is 1. The number of nitrogens with zero attached hydrogens (tertiary/aromatic N) is 1. The molecule has 0 aliphatic carbocycles. The summed E-state index contributed by atoms with van der Waals surface area (Å²) in [7, 11) is 0. The van der Waals surface area contributed by atoms with Crippen LogP contribution in [0.2, 0.25) is 0 Å². The van der Waals surface area contributed by atoms with Crippen molar-refractivity contribution in [1.29, 1.82) is 0 Å². The summed E-state index contributed by atoms with van der Waals surface area (Å²) in [5.41, 5.74) is 7.42. The van der Waals surface area contributed by atoms with Crippen LogP contribution in [0.5, 0.6) is 5.75 Å². The van der Waals surface area contributed by atoms with Gasteiger partial charge >= 0.3 is 0 Å². The van der Waals surface area contributed by atoms with Gasteiger partial charge < -0.3 is 15.7 Å². The zero-order chi connectivity index (χ0) is 13.3. The number of carbonyl (C=O) groups excluding carboxylic acids is 1. The molecule has 98 valence electrons. The summed E-state index contributed by atoms with van der Waals surface area (Å²) in [6.45, 7) is 4.92. The molecule has 2 rings (SSSR count). The summed E-state index contributed by atoms with van der Waals surface area (Å²) in [6.07, 6.45) is 1.44. The first-order chi connectivity index (χ1) is 8.44. The van der Waals surface area contributed by atoms with Crippen LogP contribution in [-0.4, -0.2) is 28.0 Å². The second-order valence-electron chi connectivity index (χ2n) is 5.20. The van der Waals surface area contributed by atoms with Crippen LogP contribution in [0.25, 0.3) is 0 Å². The summed E-state index contributed by atoms with van der Waals surface area (Å²) >= 11 is 0. The van der Waals surface area contributed by atoms with Crippen LogP contribution < -0.4 is 5.73 Å². The highest BCUT2D eigenvalue weighted by Gasteiger charge is 2.32. The molecule has 0 fully saturated rings. The van der Waals surface area contributed by atoms with Gasteiger partial charge in [-0.3, -0.25) is 4.79 Å². The lowest BCUT2D eigenvalue weighted by molar-refractivity contribution is -0.137. The molecule has 0 radical (unpaired) electrons. The van der Waals surface area contributed by atoms with Crippen molar-refractivity contribution in [3.63, 3.8) is 0 Å². The summed E-state index contributed by atoms with van der Waals surface area (Å²) in [4.78, 5) is 14.1. The number of aromatic hydroxyl groups is 1. The monoisotopic (exact) mass is 248 g/mol. The fourth-order valence-corrected chi connectivity index (χ4v) is 2.23. The molecule has 1 aromatic carbocycles. The molecule has 0 saturated carbocycles. The Balaban J connectivity index is 2.19. The third-order valence-corrected chi connectivity index (χ3v) is 3.71. The van der Waals surface area contributed by atoms with E-state index < -0.39 is 5.54 Å². The highest BCUT2D eigenvalue weighted by molar-refractivity contribution is 5.85. The number of rotatable bonds is 2. The van der Waals surface area contributed by atoms with E-state index in [9.17, 15) is 9.90 Å². The molecular weight excluding hydrogens is 228 g/mol. The van der Waals surface area contributed by atoms with E-state index in [1.807, 2.05) is 13.0 Å². The van der Waals surface area contributed by atoms with Gasteiger partial charge in [-0.05, 0) is 43.0 Å². The number of amides is 1. The van der Waals surface area contributed by atoms with E-state index in [0.717, 1.165) is 12.0 Å². The van der Waals surface area contributed by atoms with Gasteiger partial charge in [0, 0.05) is 13.1 Å². The molecule has 1 aliphatic heterocycles. The maximum atomic E-state index is 12.3. The zero-order valence-electron chi connectivity index (χ0n) is 10.9. The van der Waals surface area contributed by atoms with Crippen LogP contribution in [0.15, 0.2) is 18.2 Å². The van der Waals surface area contributed by atoms with Gasteiger partial charge in [-0.1, -0.05) is 13.0 Å². The van der Waals surface area contributed by atoms with Gasteiger partial charge in [0.25, 0.3) is 0 Å². The summed E-state index contributed by atoms with van der Waals surface area (Å²) in [5, 5.41) is 9.49. The van der Waals surface area contributed by atoms with Crippen LogP contribution in [0.4, 0.5) is 0 Å². The van der Waals surface area contributed by atoms with Gasteiger partial charge in [-0.2, -0.15) is 0 Å². The molecule has 1 unspecified atom stereocenters. The van der Waals surface area contributed by atoms with Crippen molar-refractivity contribution < 1.29 is 9.90 Å². The Morgan fingerprint density at radius 2 is 2.22 bits per heavy atom. The second kappa shape index (κ2) is 4.61. The van der Waals surface area contributed by atoms with E-state index in [-0.39, 0.29) is 11.7 Å². The Kier molecular flexibility index (Phi) is 3.30. The normalized spacial score (nSPS) is 18.1. The van der Waals surface area contributed by atoms with Crippen molar-refractivity contribution in [3.05, 3.63) is 29.3 Å². The zero-order valence-corrected chi connectivity index (χ0v) is 10.9. The molecule has 1 atom stereocenters. The maximum Gasteiger partial charge on any atom is 0.242 e. The molecular formula is C14H20N2O2. The van der Waals surface area contributed by atoms with Crippen molar-refractivity contribution in [1.82, 2.24) is 4.90 Å². The number of hydrogen-bond acceptors (Lipinski definition) is 3. The Morgan fingerprint density at radius 3 is 2.89 bits per heavy atom. The molecule has 0 bridgehead atoms. The van der Waals surface area contributed by atoms with Gasteiger partial charge in [0.05, 0.1) is 5.54 Å². The average Bonchev–Trinajstić information content (AvgIpc) is 2.36. The molecule has 1 amide bonds. The van der Waals surface area contributed by atoms with Crippen LogP contribution in [0.3, 0.4) is 0 Å². The Hall–Kier alpha value is -1.55. The molecule has 4 nitrogen and oxygen atoms in total. The quantitative estimate of drug-likeness (QED) is 0.831. The largest absolute Gasteiger partial charge is 0.508 e. The predicted octanol–water partition coefficient (Wildman–Crippen LogP) is 1.40. The highest BCUT2D eigenvalue weighted by Crippen LogP contribution is 2.24. The standard InChI is InChI=1S/C14H20N2O2/c1-3-14(2,15)13(18)16-7-6-10-4-5-12(17)8-11(10)9-16/h4-5,8,17H,3,6-7,9,15H2,1-2H3. The lowest BCUT2D eigenvalue weighted by Crippen LogP contribution is -2.53. The maximum absolute atomic E-state index is 12.3. The first kappa shape index (κ1) is 12.9. The van der Waals surface area contributed by atoms with Gasteiger partial charge in [0.15, 0.2) is 0 Å². The van der Waals surface area contributed by atoms with Crippen LogP contribution >= 0.6 is 0 Å². The third kappa shape index (κ3) is 2.34. The van der Waals surface area contributed by atoms with Crippen LogP contribution in [0, 0.1) is 0 Å². The van der Waals surface area contributed by atoms with Crippen molar-refractivity contribution in [2.75, 3.05) is 6.54 Å². The Labute approximate surface area is 107 Å². The lowest BCUT2D eigenvalue weighted by Gasteiger charge is -2.34. The second-order valence-corrected chi connectivity index (χ2v) is 5.20. The molecule has 0 aromatic heterocycles. The van der Waals surface area contributed by atoms with E-state index in [1.54, 1.807) is 24.0 Å². The van der Waals surface area contributed by atoms with Crippen LogP contribution in [-0.2, 0) is 17.8 Å². The summed E-state index contributed by atoms with van der Waals surface area (Å²) in [6, 6.07) is 5.35. The molecule has 1 aromatic rings. The van der Waals surface area contributed by atoms with E-state index in [1.165, 1.54) is 5.56 Å². The van der Waals surface area contributed by atoms with Crippen molar-refractivity contribution in [2.45, 2.75) is 38.8 Å². The smallest absolute Gasteiger partial charge is 0.242 e. The number of phenolic OH excluding ortho intramolecular Hbond substituents is 1. The van der Waals surface area contributed by atoms with Gasteiger partial charge in [-0.15, -0.1) is 0 Å². The first-order valence-electron chi connectivity index (χ1n) is 6.33. The Bertz CT molecular complexity index is 469. The lowest BCUT2D eigenvalue weighted by atomic mass is 9.94. The van der Waals surface area contributed by atoms with Gasteiger partial charge in [0.1, 0.15) is 5.75 Å². The topological polar surface area (TPSA) is 66.6 Å². The van der Waals surface area contributed by atoms with Crippen molar-refractivity contribution in [3.8, 4) is 5.75 Å². The van der Waals surface area contributed by atoms with E-state index in [2.05, 4.69) is 0 Å². The Morgan fingerprint density at radius 1 is 1.50 bits per heavy atom. The SMILES string of the molecule is CCC(C)(N)C(=O)N1CCc2ccc(O)cc2C1. The molecule has 3 N–H and O–H groups in total. The molecule has 1 aliphatic rings. The number of fused-ring (bicyclic) bond motifs is 1. The summed E-state index contributed by atoms with van der Waals surface area (Å²) < 4.78 is 0. The number of nitrogens with two attached hydrogens (primary N) is 1. The fraction of sp³-hybridized carbons (Fsp3) is 0.500. The molecule has 4 heteroatoms. The molecule has 0 spiro atoms. The van der Waals surface area contributed by atoms with Crippen molar-refractivity contribution >= 4 is 5.91 Å². The number of carbonyl (C=O) groups is 1. The number of benzene rings is 1. The minimum atomic E-state index is -0.797. The number of hydrogen-bond donors (Lipinski definition) is 2. The summed E-state index contributed by atoms with van der Waals surface area (Å²) in [5.74, 6) is 0.230. The van der Waals surface area contributed by atoms with Crippen molar-refractivity contribution in [2.24, 2.45) is 5.73 Å². The van der Waals surface area contributed by atoms with Gasteiger partial charge in [-0.25, -0.2) is 0 Å². The van der Waals surface area contributed by atoms with Crippen LogP contribution in [0.1, 0.15) is 31.4 Å². The fourth-order valence-electron chi connectivity index (χ4n) is 2.23. The minimum absolute atomic E-state index is 0.0148. The third-order valence-electron chi connectivity index (χ3n) is 3.71. The van der Waals surface area contributed by atoms with Gasteiger partial charge in [0.2, 0.25) is 5.91 Å². The molecule has 1 heterocycles. The highest BCUT2D eigenvalue weighted by atomic mass is 16.3. The van der Waals surface area contributed by atoms with E-state index in [0.29, 0.717) is 19.5 Å². The first-order valence-corrected chi connectivity index (χ1v) is 6.33. The van der Waals surface area contributed by atoms with E-state index in [4.69, 9.17) is 5.73 Å².